The first-order valence-corrected chi connectivity index (χ1v) is 18.6. The highest BCUT2D eigenvalue weighted by Crippen LogP contribution is 2.73. The van der Waals surface area contributed by atoms with Crippen molar-refractivity contribution in [3.63, 3.8) is 0 Å². The maximum Gasteiger partial charge on any atom is 0.336 e. The van der Waals surface area contributed by atoms with Crippen LogP contribution in [0.15, 0.2) is 121 Å². The summed E-state index contributed by atoms with van der Waals surface area (Å²) in [5.74, 6) is 1.20. The van der Waals surface area contributed by atoms with E-state index in [-0.39, 0.29) is 28.8 Å². The van der Waals surface area contributed by atoms with Gasteiger partial charge in [-0.1, -0.05) is 115 Å². The zero-order valence-corrected chi connectivity index (χ0v) is 29.4. The molecule has 2 heterocycles. The highest BCUT2D eigenvalue weighted by atomic mass is 16.6. The number of amides is 1. The van der Waals surface area contributed by atoms with Crippen molar-refractivity contribution in [2.45, 2.75) is 61.3 Å². The first-order chi connectivity index (χ1) is 25.5. The van der Waals surface area contributed by atoms with Crippen molar-refractivity contribution >= 4 is 24.0 Å². The van der Waals surface area contributed by atoms with Crippen LogP contribution in [0.4, 0.5) is 0 Å². The predicted molar refractivity (Wildman–Crippen MR) is 202 cm³/mol. The third kappa shape index (κ3) is 5.24. The number of esters is 1. The summed E-state index contributed by atoms with van der Waals surface area (Å²) in [4.78, 5) is 29.5. The normalized spacial score (nSPS) is 31.1. The van der Waals surface area contributed by atoms with Gasteiger partial charge in [0.2, 0.25) is 5.91 Å². The summed E-state index contributed by atoms with van der Waals surface area (Å²) in [6.45, 7) is 2.08. The van der Waals surface area contributed by atoms with Gasteiger partial charge in [0.1, 0.15) is 11.7 Å². The molecule has 5 aliphatic carbocycles. The molecule has 2 saturated carbocycles. The molecule has 2 unspecified atom stereocenters. The van der Waals surface area contributed by atoms with Gasteiger partial charge < -0.3 is 19.5 Å². The lowest BCUT2D eigenvalue weighted by molar-refractivity contribution is -0.203. The summed E-state index contributed by atoms with van der Waals surface area (Å²) in [6, 6.07) is 24.0. The van der Waals surface area contributed by atoms with Crippen molar-refractivity contribution in [1.29, 1.82) is 0 Å². The van der Waals surface area contributed by atoms with E-state index < -0.39 is 17.7 Å². The van der Waals surface area contributed by atoms with Gasteiger partial charge in [-0.15, -0.1) is 0 Å². The van der Waals surface area contributed by atoms with Crippen LogP contribution in [-0.2, 0) is 26.2 Å². The molecule has 4 bridgehead atoms. The fraction of sp³-hybridized carbons (Fsp3) is 0.333. The molecule has 7 heteroatoms. The number of methoxy groups -OCH3 is 1. The number of carbonyl (C=O) groups is 2. The largest absolute Gasteiger partial charge is 0.482 e. The average molecular weight is 693 g/mol. The van der Waals surface area contributed by atoms with Gasteiger partial charge in [-0.25, -0.2) is 4.79 Å². The van der Waals surface area contributed by atoms with Gasteiger partial charge in [0, 0.05) is 42.8 Å². The highest BCUT2D eigenvalue weighted by Gasteiger charge is 2.79. The molecular weight excluding hydrogens is 649 g/mol. The molecule has 0 aromatic heterocycles. The quantitative estimate of drug-likeness (QED) is 0.0767. The van der Waals surface area contributed by atoms with Crippen molar-refractivity contribution in [3.05, 3.63) is 144 Å². The van der Waals surface area contributed by atoms with E-state index in [9.17, 15) is 9.59 Å². The van der Waals surface area contributed by atoms with E-state index in [1.165, 1.54) is 30.0 Å². The second-order valence-electron chi connectivity index (χ2n) is 15.2. The van der Waals surface area contributed by atoms with E-state index in [4.69, 9.17) is 14.2 Å². The van der Waals surface area contributed by atoms with Gasteiger partial charge in [0.25, 0.3) is 0 Å². The average Bonchev–Trinajstić information content (AvgIpc) is 3.91. The third-order valence-corrected chi connectivity index (χ3v) is 12.5. The molecular formula is C45H44N2O5. The Balaban J connectivity index is 1.04. The molecule has 2 aliphatic heterocycles. The number of ether oxygens (including phenoxy) is 3. The van der Waals surface area contributed by atoms with Crippen LogP contribution in [0.1, 0.15) is 47.9 Å². The first kappa shape index (κ1) is 32.9. The zero-order chi connectivity index (χ0) is 35.3. The molecule has 3 aromatic carbocycles. The van der Waals surface area contributed by atoms with Crippen LogP contribution in [0.2, 0.25) is 0 Å². The lowest BCUT2D eigenvalue weighted by atomic mass is 9.38. The van der Waals surface area contributed by atoms with Crippen LogP contribution in [0.25, 0.3) is 12.2 Å². The number of likely N-dealkylation sites (tertiary alicyclic amines) is 1. The molecule has 3 fully saturated rings. The maximum absolute atomic E-state index is 13.6. The molecule has 7 aliphatic rings. The molecule has 3 aromatic rings. The summed E-state index contributed by atoms with van der Waals surface area (Å²) >= 11 is 0. The Hall–Kier alpha value is -4.98. The minimum atomic E-state index is -0.911. The Kier molecular flexibility index (Phi) is 8.16. The Bertz CT molecular complexity index is 2030. The zero-order valence-electron chi connectivity index (χ0n) is 29.4. The van der Waals surface area contributed by atoms with Gasteiger partial charge in [0.15, 0.2) is 11.5 Å². The molecule has 1 N–H and O–H groups in total. The number of carbonyl (C=O) groups excluding carboxylic acids is 2. The van der Waals surface area contributed by atoms with Crippen LogP contribution < -0.4 is 14.8 Å². The van der Waals surface area contributed by atoms with E-state index in [0.29, 0.717) is 11.5 Å². The Morgan fingerprint density at radius 2 is 1.62 bits per heavy atom. The molecule has 1 saturated heterocycles. The standard InChI is InChI=1S/C45H44N2O5/c1-50-45-25-24-43(29-36(45)46-38(48)18-10-8-16-31-12-4-2-5-13-31)37-28-34-22-23-35(51-39(49)19-11-9-17-32-14-6-3-7-15-32)41-40(34)44(43,42(45)52-41)26-27-47(37)30-33-20-21-33/h2-19,22-25,33,36-37,42H,20-21,26-30H2,1H3,(H,46,48)/b16-8+,17-9+,18-10+,19-11+/t36?,37-,42?,43-,44+,45-/m1/s1. The van der Waals surface area contributed by atoms with E-state index in [1.54, 1.807) is 25.3 Å². The van der Waals surface area contributed by atoms with Crippen LogP contribution in [0.3, 0.4) is 0 Å². The van der Waals surface area contributed by atoms with E-state index >= 15 is 0 Å². The minimum Gasteiger partial charge on any atom is -0.482 e. The number of nitrogens with one attached hydrogen (secondary N) is 1. The number of nitrogens with zero attached hydrogens (tertiary/aromatic N) is 1. The Morgan fingerprint density at radius 1 is 0.904 bits per heavy atom. The lowest BCUT2D eigenvalue weighted by Gasteiger charge is -2.71. The number of hydrogen-bond acceptors (Lipinski definition) is 6. The number of hydrogen-bond donors (Lipinski definition) is 1. The molecule has 52 heavy (non-hydrogen) atoms. The summed E-state index contributed by atoms with van der Waals surface area (Å²) in [5.41, 5.74) is 2.97. The molecule has 0 radical (unpaired) electrons. The number of piperidine rings is 1. The SMILES string of the molecule is CO[C@]12C=C[C@@]3(CC1NC(=O)/C=C/C=C/c1ccccc1)[C@H]1Cc4ccc(OC(=O)/C=C/C=C/c5ccccc5)c5c4[C@@]3(CCN1CC1CC1)C2O5. The van der Waals surface area contributed by atoms with Crippen LogP contribution in [0, 0.1) is 11.3 Å². The van der Waals surface area contributed by atoms with Crippen LogP contribution >= 0.6 is 0 Å². The van der Waals surface area contributed by atoms with Gasteiger partial charge >= 0.3 is 5.97 Å². The number of benzene rings is 3. The fourth-order valence-electron chi connectivity index (χ4n) is 10.1. The van der Waals surface area contributed by atoms with Gasteiger partial charge in [-0.3, -0.25) is 9.69 Å². The van der Waals surface area contributed by atoms with Crippen molar-refractivity contribution in [2.24, 2.45) is 11.3 Å². The predicted octanol–water partition coefficient (Wildman–Crippen LogP) is 7.00. The number of allylic oxidation sites excluding steroid dienone is 4. The Morgan fingerprint density at radius 3 is 2.31 bits per heavy atom. The minimum absolute atomic E-state index is 0.166. The number of fused-ring (bicyclic) bond motifs is 1. The topological polar surface area (TPSA) is 77.1 Å². The monoisotopic (exact) mass is 692 g/mol. The summed E-state index contributed by atoms with van der Waals surface area (Å²) in [7, 11) is 1.72. The molecule has 1 amide bonds. The Labute approximate surface area is 305 Å². The van der Waals surface area contributed by atoms with Gasteiger partial charge in [-0.2, -0.15) is 0 Å². The smallest absolute Gasteiger partial charge is 0.336 e. The molecule has 6 atom stereocenters. The molecule has 264 valence electrons. The van der Waals surface area contributed by atoms with Gasteiger partial charge in [-0.05, 0) is 67.3 Å². The maximum atomic E-state index is 13.6. The molecule has 7 nitrogen and oxygen atoms in total. The molecule has 10 rings (SSSR count). The van der Waals surface area contributed by atoms with Crippen LogP contribution in [-0.4, -0.2) is 60.8 Å². The summed E-state index contributed by atoms with van der Waals surface area (Å²) in [6.07, 6.45) is 23.5. The summed E-state index contributed by atoms with van der Waals surface area (Å²) < 4.78 is 19.7. The van der Waals surface area contributed by atoms with E-state index in [2.05, 4.69) is 28.4 Å². The fourth-order valence-corrected chi connectivity index (χ4v) is 10.1. The van der Waals surface area contributed by atoms with Gasteiger partial charge in [0.05, 0.1) is 11.5 Å². The second kappa shape index (κ2) is 12.9. The number of rotatable bonds is 11. The summed E-state index contributed by atoms with van der Waals surface area (Å²) in [5, 5.41) is 3.37. The second-order valence-corrected chi connectivity index (χ2v) is 15.2. The van der Waals surface area contributed by atoms with E-state index in [1.807, 2.05) is 91.0 Å². The first-order valence-electron chi connectivity index (χ1n) is 18.6. The molecule has 2 spiro atoms. The lowest BCUT2D eigenvalue weighted by Crippen LogP contribution is -2.82. The van der Waals surface area contributed by atoms with Crippen molar-refractivity contribution in [1.82, 2.24) is 10.2 Å². The van der Waals surface area contributed by atoms with Crippen molar-refractivity contribution < 1.29 is 23.8 Å². The van der Waals surface area contributed by atoms with E-state index in [0.717, 1.165) is 49.4 Å². The van der Waals surface area contributed by atoms with Crippen LogP contribution in [0.5, 0.6) is 11.5 Å². The van der Waals surface area contributed by atoms with Crippen molar-refractivity contribution in [3.8, 4) is 11.5 Å². The third-order valence-electron chi connectivity index (χ3n) is 12.5. The van der Waals surface area contributed by atoms with Crippen molar-refractivity contribution in [2.75, 3.05) is 20.2 Å². The highest BCUT2D eigenvalue weighted by molar-refractivity contribution is 5.88.